The van der Waals surface area contributed by atoms with Crippen LogP contribution in [0, 0.1) is 5.41 Å². The van der Waals surface area contributed by atoms with Crippen molar-refractivity contribution in [2.75, 3.05) is 13.1 Å². The molecule has 1 aromatic rings. The van der Waals surface area contributed by atoms with Crippen molar-refractivity contribution in [3.63, 3.8) is 0 Å². The van der Waals surface area contributed by atoms with Crippen LogP contribution in [-0.2, 0) is 11.0 Å². The molecule has 1 saturated heterocycles. The molecule has 1 spiro atoms. The van der Waals surface area contributed by atoms with E-state index < -0.39 is 12.0 Å². The molecule has 0 atom stereocenters. The van der Waals surface area contributed by atoms with Crippen molar-refractivity contribution in [3.05, 3.63) is 12.2 Å². The molecule has 1 aromatic heterocycles. The fourth-order valence-electron chi connectivity index (χ4n) is 2.86. The van der Waals surface area contributed by atoms with E-state index >= 15 is 0 Å². The van der Waals surface area contributed by atoms with Gasteiger partial charge in [0.1, 0.15) is 6.33 Å². The minimum atomic E-state index is -4.49. The van der Waals surface area contributed by atoms with Crippen molar-refractivity contribution in [2.45, 2.75) is 25.1 Å². The van der Waals surface area contributed by atoms with E-state index in [2.05, 4.69) is 10.1 Å². The number of nitrogens with zero attached hydrogens (tertiary/aromatic N) is 4. The van der Waals surface area contributed by atoms with Crippen molar-refractivity contribution in [3.8, 4) is 0 Å². The average molecular weight is 260 g/mol. The zero-order valence-corrected chi connectivity index (χ0v) is 9.39. The number of alkyl halides is 3. The summed E-state index contributed by atoms with van der Waals surface area (Å²) in [4.78, 5) is 15.4. The summed E-state index contributed by atoms with van der Waals surface area (Å²) in [5.74, 6) is -1.09. The van der Waals surface area contributed by atoms with Gasteiger partial charge in [-0.3, -0.25) is 4.79 Å². The highest BCUT2D eigenvalue weighted by Crippen LogP contribution is 2.53. The molecule has 0 unspecified atom stereocenters. The van der Waals surface area contributed by atoms with Gasteiger partial charge < -0.3 is 4.90 Å². The Balaban J connectivity index is 1.62. The second kappa shape index (κ2) is 3.46. The van der Waals surface area contributed by atoms with E-state index in [-0.39, 0.29) is 11.5 Å². The Kier molecular flexibility index (Phi) is 2.21. The number of carbonyl (C=O) groups excluding carboxylic acids is 1. The van der Waals surface area contributed by atoms with Gasteiger partial charge >= 0.3 is 6.18 Å². The number of likely N-dealkylation sites (tertiary alicyclic amines) is 1. The van der Waals surface area contributed by atoms with E-state index in [0.29, 0.717) is 13.1 Å². The van der Waals surface area contributed by atoms with E-state index in [0.717, 1.165) is 25.6 Å². The van der Waals surface area contributed by atoms with Gasteiger partial charge in [0.05, 0.1) is 6.04 Å². The van der Waals surface area contributed by atoms with Crippen LogP contribution in [0.2, 0.25) is 0 Å². The van der Waals surface area contributed by atoms with Crippen LogP contribution in [0.25, 0.3) is 0 Å². The Labute approximate surface area is 101 Å². The first-order valence-corrected chi connectivity index (χ1v) is 5.60. The van der Waals surface area contributed by atoms with Gasteiger partial charge in [-0.05, 0) is 12.8 Å². The first-order valence-electron chi connectivity index (χ1n) is 5.60. The highest BCUT2D eigenvalue weighted by molar-refractivity contribution is 5.49. The van der Waals surface area contributed by atoms with Gasteiger partial charge in [0.15, 0.2) is 0 Å². The first-order chi connectivity index (χ1) is 8.42. The van der Waals surface area contributed by atoms with E-state index in [9.17, 15) is 18.0 Å². The number of aromatic nitrogens is 3. The van der Waals surface area contributed by atoms with Gasteiger partial charge in [-0.15, -0.1) is 5.10 Å². The maximum Gasteiger partial charge on any atom is 0.453 e. The van der Waals surface area contributed by atoms with Gasteiger partial charge in [-0.1, -0.05) is 0 Å². The smallest absolute Gasteiger partial charge is 0.344 e. The molecule has 3 rings (SSSR count). The predicted octanol–water partition coefficient (Wildman–Crippen LogP) is 1.09. The van der Waals surface area contributed by atoms with Crippen molar-refractivity contribution in [2.24, 2.45) is 5.41 Å². The quantitative estimate of drug-likeness (QED) is 0.748. The normalized spacial score (nSPS) is 22.7. The van der Waals surface area contributed by atoms with Crippen LogP contribution in [-0.4, -0.2) is 39.2 Å². The molecule has 18 heavy (non-hydrogen) atoms. The number of rotatable bonds is 2. The SMILES string of the molecule is O=CN1CC2(CC(n3cnc(C(F)(F)F)n3)C2)C1. The monoisotopic (exact) mass is 260 g/mol. The predicted molar refractivity (Wildman–Crippen MR) is 53.4 cm³/mol. The molecule has 1 aliphatic heterocycles. The van der Waals surface area contributed by atoms with Gasteiger partial charge in [0, 0.05) is 18.5 Å². The molecular weight excluding hydrogens is 249 g/mol. The van der Waals surface area contributed by atoms with Gasteiger partial charge in [-0.25, -0.2) is 9.67 Å². The van der Waals surface area contributed by atoms with Crippen LogP contribution in [0.4, 0.5) is 13.2 Å². The van der Waals surface area contributed by atoms with Crippen molar-refractivity contribution >= 4 is 6.41 Å². The van der Waals surface area contributed by atoms with E-state index in [1.165, 1.54) is 4.68 Å². The van der Waals surface area contributed by atoms with E-state index in [1.54, 1.807) is 4.90 Å². The lowest BCUT2D eigenvalue weighted by atomic mass is 9.61. The lowest BCUT2D eigenvalue weighted by molar-refractivity contribution is -0.147. The van der Waals surface area contributed by atoms with E-state index in [1.807, 2.05) is 0 Å². The number of amides is 1. The summed E-state index contributed by atoms with van der Waals surface area (Å²) in [7, 11) is 0. The van der Waals surface area contributed by atoms with Crippen LogP contribution < -0.4 is 0 Å². The Morgan fingerprint density at radius 1 is 1.39 bits per heavy atom. The summed E-state index contributed by atoms with van der Waals surface area (Å²) in [5, 5.41) is 3.46. The summed E-state index contributed by atoms with van der Waals surface area (Å²) in [6.45, 7) is 1.40. The van der Waals surface area contributed by atoms with Crippen LogP contribution in [0.15, 0.2) is 6.33 Å². The molecule has 1 saturated carbocycles. The average Bonchev–Trinajstić information content (AvgIpc) is 2.62. The number of hydrogen-bond acceptors (Lipinski definition) is 3. The summed E-state index contributed by atoms with van der Waals surface area (Å²) < 4.78 is 38.3. The Morgan fingerprint density at radius 2 is 2.06 bits per heavy atom. The molecule has 8 heteroatoms. The third-order valence-corrected chi connectivity index (χ3v) is 3.70. The summed E-state index contributed by atoms with van der Waals surface area (Å²) in [6.07, 6.45) is -1.03. The standard InChI is InChI=1S/C10H11F3N4O/c11-10(12,13)8-14-5-17(15-8)7-1-9(2-7)3-16(4-9)6-18/h5-7H,1-4H2. The maximum absolute atomic E-state index is 12.3. The van der Waals surface area contributed by atoms with Crippen LogP contribution >= 0.6 is 0 Å². The van der Waals surface area contributed by atoms with Gasteiger partial charge in [-0.2, -0.15) is 13.2 Å². The number of halogens is 3. The second-order valence-corrected chi connectivity index (χ2v) is 5.12. The molecule has 2 aliphatic rings. The third-order valence-electron chi connectivity index (χ3n) is 3.70. The molecule has 0 bridgehead atoms. The largest absolute Gasteiger partial charge is 0.453 e. The molecule has 2 fully saturated rings. The zero-order valence-electron chi connectivity index (χ0n) is 9.39. The fraction of sp³-hybridized carbons (Fsp3) is 0.700. The molecule has 2 heterocycles. The lowest BCUT2D eigenvalue weighted by Gasteiger charge is -2.57. The molecule has 1 amide bonds. The Morgan fingerprint density at radius 3 is 2.56 bits per heavy atom. The van der Waals surface area contributed by atoms with Crippen molar-refractivity contribution in [1.29, 1.82) is 0 Å². The van der Waals surface area contributed by atoms with Gasteiger partial charge in [0.25, 0.3) is 5.82 Å². The highest BCUT2D eigenvalue weighted by atomic mass is 19.4. The summed E-state index contributed by atoms with van der Waals surface area (Å²) in [5.41, 5.74) is 0.107. The first kappa shape index (κ1) is 11.5. The summed E-state index contributed by atoms with van der Waals surface area (Å²) >= 11 is 0. The minimum absolute atomic E-state index is 0.0256. The van der Waals surface area contributed by atoms with Crippen LogP contribution in [0.3, 0.4) is 0 Å². The minimum Gasteiger partial charge on any atom is -0.344 e. The van der Waals surface area contributed by atoms with Crippen molar-refractivity contribution < 1.29 is 18.0 Å². The number of carbonyl (C=O) groups is 1. The van der Waals surface area contributed by atoms with E-state index in [4.69, 9.17) is 0 Å². The zero-order chi connectivity index (χ0) is 13.0. The Hall–Kier alpha value is -1.60. The third kappa shape index (κ3) is 1.67. The lowest BCUT2D eigenvalue weighted by Crippen LogP contribution is -2.61. The Bertz CT molecular complexity index is 470. The van der Waals surface area contributed by atoms with Crippen LogP contribution in [0.1, 0.15) is 24.7 Å². The number of hydrogen-bond donors (Lipinski definition) is 0. The molecular formula is C10H11F3N4O. The fourth-order valence-corrected chi connectivity index (χ4v) is 2.86. The van der Waals surface area contributed by atoms with Crippen LogP contribution in [0.5, 0.6) is 0 Å². The van der Waals surface area contributed by atoms with Gasteiger partial charge in [0.2, 0.25) is 6.41 Å². The molecule has 0 radical (unpaired) electrons. The van der Waals surface area contributed by atoms with Crippen molar-refractivity contribution in [1.82, 2.24) is 19.7 Å². The topological polar surface area (TPSA) is 51.0 Å². The molecule has 0 N–H and O–H groups in total. The molecule has 1 aliphatic carbocycles. The maximum atomic E-state index is 12.3. The summed E-state index contributed by atoms with van der Waals surface area (Å²) in [6, 6.07) is -0.0256. The molecule has 5 nitrogen and oxygen atoms in total. The highest BCUT2D eigenvalue weighted by Gasteiger charge is 2.53. The second-order valence-electron chi connectivity index (χ2n) is 5.12. The molecule has 0 aromatic carbocycles. The molecule has 98 valence electrons.